The normalized spacial score (nSPS) is 10.4. The van der Waals surface area contributed by atoms with Crippen molar-refractivity contribution in [3.05, 3.63) is 82.5 Å². The van der Waals surface area contributed by atoms with Gasteiger partial charge >= 0.3 is 5.56 Å². The van der Waals surface area contributed by atoms with Crippen LogP contribution in [0.4, 0.5) is 5.69 Å². The van der Waals surface area contributed by atoms with E-state index in [1.54, 1.807) is 18.6 Å². The van der Waals surface area contributed by atoms with Crippen molar-refractivity contribution in [3.8, 4) is 5.75 Å². The van der Waals surface area contributed by atoms with E-state index in [-0.39, 0.29) is 11.3 Å². The molecule has 3 aromatic rings. The molecule has 0 saturated heterocycles. The van der Waals surface area contributed by atoms with Gasteiger partial charge in [0.25, 0.3) is 0 Å². The minimum atomic E-state index is -0.337. The maximum absolute atomic E-state index is 12.0. The van der Waals surface area contributed by atoms with E-state index in [1.807, 2.05) is 30.3 Å². The Kier molecular flexibility index (Phi) is 5.77. The first kappa shape index (κ1) is 16.7. The number of nitrogens with one attached hydrogen (secondary N) is 2. The summed E-state index contributed by atoms with van der Waals surface area (Å²) in [4.78, 5) is 16.1. The van der Waals surface area contributed by atoms with Gasteiger partial charge in [-0.15, -0.1) is 0 Å². The van der Waals surface area contributed by atoms with Crippen molar-refractivity contribution in [2.24, 2.45) is 0 Å². The summed E-state index contributed by atoms with van der Waals surface area (Å²) in [6, 6.07) is 14.0. The number of aromatic amines is 1. The third-order valence-electron chi connectivity index (χ3n) is 3.72. The van der Waals surface area contributed by atoms with Crippen LogP contribution in [0.25, 0.3) is 0 Å². The average Bonchev–Trinajstić information content (AvgIpc) is 2.66. The lowest BCUT2D eigenvalue weighted by Crippen LogP contribution is -2.16. The second-order valence-electron chi connectivity index (χ2n) is 5.59. The fourth-order valence-corrected chi connectivity index (χ4v) is 2.45. The number of anilines is 1. The van der Waals surface area contributed by atoms with E-state index >= 15 is 0 Å². The third kappa shape index (κ3) is 4.91. The number of rotatable bonds is 8. The fourth-order valence-electron chi connectivity index (χ4n) is 2.45. The molecule has 0 aliphatic heterocycles. The van der Waals surface area contributed by atoms with Crippen LogP contribution in [0.1, 0.15) is 17.5 Å². The summed E-state index contributed by atoms with van der Waals surface area (Å²) in [7, 11) is 0. The van der Waals surface area contributed by atoms with Gasteiger partial charge in [0.1, 0.15) is 5.69 Å². The Labute approximate surface area is 145 Å². The third-order valence-corrected chi connectivity index (χ3v) is 3.72. The Hall–Kier alpha value is -3.15. The molecule has 3 rings (SSSR count). The molecule has 2 heterocycles. The van der Waals surface area contributed by atoms with Crippen LogP contribution in [0.2, 0.25) is 0 Å². The van der Waals surface area contributed by atoms with Crippen LogP contribution in [0.3, 0.4) is 0 Å². The quantitative estimate of drug-likeness (QED) is 0.618. The lowest BCUT2D eigenvalue weighted by Gasteiger charge is -2.11. The van der Waals surface area contributed by atoms with Gasteiger partial charge in [-0.2, -0.15) is 5.10 Å². The molecule has 1 aromatic carbocycles. The van der Waals surface area contributed by atoms with Gasteiger partial charge in [-0.05, 0) is 30.0 Å². The monoisotopic (exact) mass is 336 g/mol. The van der Waals surface area contributed by atoms with Gasteiger partial charge in [-0.1, -0.05) is 36.4 Å². The second-order valence-corrected chi connectivity index (χ2v) is 5.59. The summed E-state index contributed by atoms with van der Waals surface area (Å²) >= 11 is 0. The number of ether oxygens (including phenoxy) is 1. The Morgan fingerprint density at radius 1 is 1.04 bits per heavy atom. The van der Waals surface area contributed by atoms with Crippen molar-refractivity contribution in [2.75, 3.05) is 11.9 Å². The highest BCUT2D eigenvalue weighted by Crippen LogP contribution is 2.18. The Balaban J connectivity index is 1.57. The molecule has 0 fully saturated rings. The van der Waals surface area contributed by atoms with Crippen LogP contribution in [0, 0.1) is 0 Å². The van der Waals surface area contributed by atoms with E-state index in [9.17, 15) is 4.79 Å². The number of hydrogen-bond donors (Lipinski definition) is 2. The Morgan fingerprint density at radius 2 is 1.88 bits per heavy atom. The summed E-state index contributed by atoms with van der Waals surface area (Å²) in [6.07, 6.45) is 6.79. The van der Waals surface area contributed by atoms with Crippen molar-refractivity contribution >= 4 is 5.69 Å². The zero-order chi connectivity index (χ0) is 17.3. The van der Waals surface area contributed by atoms with Crippen molar-refractivity contribution in [1.29, 1.82) is 0 Å². The van der Waals surface area contributed by atoms with Gasteiger partial charge in [0, 0.05) is 18.9 Å². The predicted octanol–water partition coefficient (Wildman–Crippen LogP) is 2.79. The highest BCUT2D eigenvalue weighted by molar-refractivity contribution is 5.53. The van der Waals surface area contributed by atoms with E-state index in [4.69, 9.17) is 4.74 Å². The number of aryl methyl sites for hydroxylation is 1. The lowest BCUT2D eigenvalue weighted by molar-refractivity contribution is 0.307. The van der Waals surface area contributed by atoms with Crippen LogP contribution in [0.15, 0.2) is 65.8 Å². The van der Waals surface area contributed by atoms with E-state index < -0.39 is 0 Å². The number of pyridine rings is 1. The summed E-state index contributed by atoms with van der Waals surface area (Å²) in [5.41, 5.74) is 2.51. The molecule has 25 heavy (non-hydrogen) atoms. The Morgan fingerprint density at radius 3 is 2.68 bits per heavy atom. The molecule has 6 heteroatoms. The molecule has 2 aromatic heterocycles. The van der Waals surface area contributed by atoms with Crippen LogP contribution in [0.5, 0.6) is 5.75 Å². The second kappa shape index (κ2) is 8.63. The molecule has 0 aliphatic rings. The van der Waals surface area contributed by atoms with Gasteiger partial charge in [-0.3, -0.25) is 9.78 Å². The van der Waals surface area contributed by atoms with E-state index in [0.29, 0.717) is 18.8 Å². The van der Waals surface area contributed by atoms with Crippen LogP contribution in [-0.2, 0) is 13.0 Å². The zero-order valence-corrected chi connectivity index (χ0v) is 13.8. The average molecular weight is 336 g/mol. The van der Waals surface area contributed by atoms with Crippen LogP contribution < -0.4 is 15.6 Å². The number of nitrogens with zero attached hydrogens (tertiary/aromatic N) is 2. The number of aromatic nitrogens is 3. The van der Waals surface area contributed by atoms with Gasteiger partial charge < -0.3 is 10.1 Å². The molecule has 0 amide bonds. The first-order valence-electron chi connectivity index (χ1n) is 8.20. The maximum Gasteiger partial charge on any atom is 0.308 e. The molecule has 6 nitrogen and oxygen atoms in total. The molecule has 2 N–H and O–H groups in total. The molecule has 128 valence electrons. The smallest absolute Gasteiger partial charge is 0.308 e. The van der Waals surface area contributed by atoms with Crippen molar-refractivity contribution in [1.82, 2.24) is 15.2 Å². The van der Waals surface area contributed by atoms with Gasteiger partial charge in [-0.25, -0.2) is 5.10 Å². The highest BCUT2D eigenvalue weighted by atomic mass is 16.5. The van der Waals surface area contributed by atoms with Crippen molar-refractivity contribution < 1.29 is 4.74 Å². The predicted molar refractivity (Wildman–Crippen MR) is 96.7 cm³/mol. The lowest BCUT2D eigenvalue weighted by atomic mass is 10.1. The van der Waals surface area contributed by atoms with E-state index in [1.165, 1.54) is 5.56 Å². The first-order valence-corrected chi connectivity index (χ1v) is 8.20. The topological polar surface area (TPSA) is 79.9 Å². The SMILES string of the molecule is O=c1[nH]ncc(NCc2cccnc2)c1OCCCc1ccccc1. The molecule has 0 unspecified atom stereocenters. The highest BCUT2D eigenvalue weighted by Gasteiger charge is 2.09. The number of H-pyrrole nitrogens is 1. The molecule has 0 radical (unpaired) electrons. The summed E-state index contributed by atoms with van der Waals surface area (Å²) in [5, 5.41) is 9.43. The minimum absolute atomic E-state index is 0.270. The Bertz CT molecular complexity index is 835. The van der Waals surface area contributed by atoms with Crippen LogP contribution >= 0.6 is 0 Å². The molecule has 0 atom stereocenters. The minimum Gasteiger partial charge on any atom is -0.486 e. The molecular weight excluding hydrogens is 316 g/mol. The maximum atomic E-state index is 12.0. The first-order chi connectivity index (χ1) is 12.3. The van der Waals surface area contributed by atoms with Crippen LogP contribution in [-0.4, -0.2) is 21.8 Å². The molecular formula is C19H20N4O2. The fraction of sp³-hybridized carbons (Fsp3) is 0.211. The molecule has 0 saturated carbocycles. The zero-order valence-electron chi connectivity index (χ0n) is 13.8. The molecule has 0 bridgehead atoms. The van der Waals surface area contributed by atoms with E-state index in [2.05, 4.69) is 32.6 Å². The van der Waals surface area contributed by atoms with E-state index in [0.717, 1.165) is 18.4 Å². The number of hydrogen-bond acceptors (Lipinski definition) is 5. The summed E-state index contributed by atoms with van der Waals surface area (Å²) < 4.78 is 5.72. The van der Waals surface area contributed by atoms with Crippen molar-refractivity contribution in [2.45, 2.75) is 19.4 Å². The summed E-state index contributed by atoms with van der Waals surface area (Å²) in [5.74, 6) is 0.270. The standard InChI is InChI=1S/C19H20N4O2/c24-19-18(25-11-5-9-15-6-2-1-3-7-15)17(14-22-23-19)21-13-16-8-4-10-20-12-16/h1-4,6-8,10,12,14H,5,9,11,13H2,(H2,21,23,24). The number of benzene rings is 1. The molecule has 0 spiro atoms. The summed E-state index contributed by atoms with van der Waals surface area (Å²) in [6.45, 7) is 1.00. The van der Waals surface area contributed by atoms with Gasteiger partial charge in [0.05, 0.1) is 12.8 Å². The molecule has 0 aliphatic carbocycles. The van der Waals surface area contributed by atoms with Crippen molar-refractivity contribution in [3.63, 3.8) is 0 Å². The van der Waals surface area contributed by atoms with Gasteiger partial charge in [0.15, 0.2) is 0 Å². The largest absolute Gasteiger partial charge is 0.486 e. The van der Waals surface area contributed by atoms with Gasteiger partial charge in [0.2, 0.25) is 5.75 Å².